The Labute approximate surface area is 98.0 Å². The average Bonchev–Trinajstić information content (AvgIpc) is 2.34. The molecule has 2 rings (SSSR count). The maximum absolute atomic E-state index is 5.88. The Morgan fingerprint density at radius 2 is 2.19 bits per heavy atom. The largest absolute Gasteiger partial charge is 0.382 e. The van der Waals surface area contributed by atoms with E-state index in [2.05, 4.69) is 36.5 Å². The monoisotopic (exact) mass is 219 g/mol. The van der Waals surface area contributed by atoms with E-state index in [1.165, 1.54) is 30.5 Å². The molecule has 1 aliphatic heterocycles. The van der Waals surface area contributed by atoms with Crippen LogP contribution in [0.1, 0.15) is 31.7 Å². The van der Waals surface area contributed by atoms with Gasteiger partial charge >= 0.3 is 0 Å². The highest BCUT2D eigenvalue weighted by Gasteiger charge is 2.17. The van der Waals surface area contributed by atoms with Crippen molar-refractivity contribution >= 4 is 5.69 Å². The summed E-state index contributed by atoms with van der Waals surface area (Å²) in [5, 5.41) is 3.43. The fourth-order valence-electron chi connectivity index (χ4n) is 2.13. The predicted octanol–water partition coefficient (Wildman–Crippen LogP) is 3.23. The number of benzene rings is 1. The van der Waals surface area contributed by atoms with Crippen molar-refractivity contribution in [2.24, 2.45) is 0 Å². The van der Waals surface area contributed by atoms with Gasteiger partial charge in [-0.1, -0.05) is 38.0 Å². The van der Waals surface area contributed by atoms with Crippen LogP contribution < -0.4 is 5.32 Å². The van der Waals surface area contributed by atoms with Crippen LogP contribution in [0.5, 0.6) is 0 Å². The maximum Gasteiger partial charge on any atom is 0.0788 e. The lowest BCUT2D eigenvalue weighted by molar-refractivity contribution is 0.0577. The minimum absolute atomic E-state index is 0.353. The summed E-state index contributed by atoms with van der Waals surface area (Å²) >= 11 is 0. The van der Waals surface area contributed by atoms with Crippen LogP contribution in [0.25, 0.3) is 0 Å². The van der Waals surface area contributed by atoms with Gasteiger partial charge in [-0.25, -0.2) is 0 Å². The molecule has 1 aromatic rings. The third kappa shape index (κ3) is 2.99. The van der Waals surface area contributed by atoms with Crippen molar-refractivity contribution in [3.8, 4) is 0 Å². The number of para-hydroxylation sites is 1. The SMILES string of the molecule is CCCCCOC1CNc2ccccc2C1. The lowest BCUT2D eigenvalue weighted by Crippen LogP contribution is -2.30. The van der Waals surface area contributed by atoms with Crippen LogP contribution in [0.2, 0.25) is 0 Å². The lowest BCUT2D eigenvalue weighted by atomic mass is 10.0. The van der Waals surface area contributed by atoms with Crippen molar-refractivity contribution in [1.82, 2.24) is 0 Å². The Morgan fingerprint density at radius 1 is 1.31 bits per heavy atom. The van der Waals surface area contributed by atoms with Gasteiger partial charge in [-0.2, -0.15) is 0 Å². The molecule has 1 aliphatic rings. The lowest BCUT2D eigenvalue weighted by Gasteiger charge is -2.26. The molecular weight excluding hydrogens is 198 g/mol. The van der Waals surface area contributed by atoms with Gasteiger partial charge in [-0.05, 0) is 18.1 Å². The molecule has 1 aromatic carbocycles. The Kier molecular flexibility index (Phi) is 4.23. The molecule has 0 fully saturated rings. The van der Waals surface area contributed by atoms with Crippen LogP contribution in [0.15, 0.2) is 24.3 Å². The standard InChI is InChI=1S/C14H21NO/c1-2-3-6-9-16-13-10-12-7-4-5-8-14(12)15-11-13/h4-5,7-8,13,15H,2-3,6,9-11H2,1H3. The van der Waals surface area contributed by atoms with E-state index in [0.717, 1.165) is 19.6 Å². The zero-order valence-corrected chi connectivity index (χ0v) is 10.0. The molecule has 0 saturated heterocycles. The summed E-state index contributed by atoms with van der Waals surface area (Å²) in [7, 11) is 0. The molecule has 0 saturated carbocycles. The number of rotatable bonds is 5. The van der Waals surface area contributed by atoms with Gasteiger partial charge in [-0.15, -0.1) is 0 Å². The molecule has 0 radical (unpaired) electrons. The van der Waals surface area contributed by atoms with Gasteiger partial charge in [0.15, 0.2) is 0 Å². The first-order valence-corrected chi connectivity index (χ1v) is 6.33. The first-order chi connectivity index (χ1) is 7.90. The number of nitrogens with one attached hydrogen (secondary N) is 1. The first kappa shape index (κ1) is 11.5. The summed E-state index contributed by atoms with van der Waals surface area (Å²) in [4.78, 5) is 0. The molecule has 1 heterocycles. The van der Waals surface area contributed by atoms with Crippen molar-refractivity contribution < 1.29 is 4.74 Å². The number of unbranched alkanes of at least 4 members (excludes halogenated alkanes) is 2. The molecule has 0 aromatic heterocycles. The molecule has 0 bridgehead atoms. The van der Waals surface area contributed by atoms with Crippen LogP contribution in [-0.4, -0.2) is 19.3 Å². The minimum Gasteiger partial charge on any atom is -0.382 e. The Bertz CT molecular complexity index is 324. The van der Waals surface area contributed by atoms with E-state index in [4.69, 9.17) is 4.74 Å². The molecule has 0 amide bonds. The average molecular weight is 219 g/mol. The van der Waals surface area contributed by atoms with Gasteiger partial charge in [-0.3, -0.25) is 0 Å². The quantitative estimate of drug-likeness (QED) is 0.768. The summed E-state index contributed by atoms with van der Waals surface area (Å²) in [5.74, 6) is 0. The Morgan fingerprint density at radius 3 is 3.06 bits per heavy atom. The summed E-state index contributed by atoms with van der Waals surface area (Å²) in [6.07, 6.45) is 5.13. The van der Waals surface area contributed by atoms with Crippen LogP contribution in [-0.2, 0) is 11.2 Å². The molecule has 2 nitrogen and oxygen atoms in total. The minimum atomic E-state index is 0.353. The van der Waals surface area contributed by atoms with Crippen molar-refractivity contribution in [3.63, 3.8) is 0 Å². The third-order valence-corrected chi connectivity index (χ3v) is 3.09. The van der Waals surface area contributed by atoms with E-state index in [-0.39, 0.29) is 0 Å². The van der Waals surface area contributed by atoms with Gasteiger partial charge in [0.25, 0.3) is 0 Å². The second-order valence-electron chi connectivity index (χ2n) is 4.44. The molecule has 2 heteroatoms. The van der Waals surface area contributed by atoms with Gasteiger partial charge in [0.2, 0.25) is 0 Å². The zero-order valence-electron chi connectivity index (χ0n) is 10.0. The molecule has 1 unspecified atom stereocenters. The van der Waals surface area contributed by atoms with E-state index >= 15 is 0 Å². The van der Waals surface area contributed by atoms with Gasteiger partial charge in [0.1, 0.15) is 0 Å². The van der Waals surface area contributed by atoms with E-state index < -0.39 is 0 Å². The van der Waals surface area contributed by atoms with Crippen LogP contribution >= 0.6 is 0 Å². The molecule has 1 atom stereocenters. The molecule has 1 N–H and O–H groups in total. The summed E-state index contributed by atoms with van der Waals surface area (Å²) in [6, 6.07) is 8.50. The zero-order chi connectivity index (χ0) is 11.2. The van der Waals surface area contributed by atoms with E-state index in [0.29, 0.717) is 6.10 Å². The normalized spacial score (nSPS) is 18.9. The summed E-state index contributed by atoms with van der Waals surface area (Å²) in [6.45, 7) is 4.07. The van der Waals surface area contributed by atoms with Crippen molar-refractivity contribution in [1.29, 1.82) is 0 Å². The molecule has 0 aliphatic carbocycles. The molecule has 0 spiro atoms. The number of anilines is 1. The van der Waals surface area contributed by atoms with Gasteiger partial charge in [0, 0.05) is 25.3 Å². The Balaban J connectivity index is 1.79. The van der Waals surface area contributed by atoms with Crippen molar-refractivity contribution in [2.45, 2.75) is 38.7 Å². The van der Waals surface area contributed by atoms with E-state index in [9.17, 15) is 0 Å². The van der Waals surface area contributed by atoms with E-state index in [1.807, 2.05) is 0 Å². The second-order valence-corrected chi connectivity index (χ2v) is 4.44. The first-order valence-electron chi connectivity index (χ1n) is 6.33. The molecule has 88 valence electrons. The molecule has 16 heavy (non-hydrogen) atoms. The van der Waals surface area contributed by atoms with Gasteiger partial charge < -0.3 is 10.1 Å². The van der Waals surface area contributed by atoms with Crippen LogP contribution in [0.4, 0.5) is 5.69 Å². The number of ether oxygens (including phenoxy) is 1. The predicted molar refractivity (Wildman–Crippen MR) is 67.9 cm³/mol. The fraction of sp³-hybridized carbons (Fsp3) is 0.571. The summed E-state index contributed by atoms with van der Waals surface area (Å²) in [5.41, 5.74) is 2.66. The Hall–Kier alpha value is -1.02. The number of fused-ring (bicyclic) bond motifs is 1. The van der Waals surface area contributed by atoms with Crippen LogP contribution in [0, 0.1) is 0 Å². The smallest absolute Gasteiger partial charge is 0.0788 e. The number of hydrogen-bond donors (Lipinski definition) is 1. The third-order valence-electron chi connectivity index (χ3n) is 3.09. The number of hydrogen-bond acceptors (Lipinski definition) is 2. The molecular formula is C14H21NO. The highest BCUT2D eigenvalue weighted by molar-refractivity contribution is 5.53. The fourth-order valence-corrected chi connectivity index (χ4v) is 2.13. The van der Waals surface area contributed by atoms with Crippen molar-refractivity contribution in [3.05, 3.63) is 29.8 Å². The van der Waals surface area contributed by atoms with E-state index in [1.54, 1.807) is 0 Å². The van der Waals surface area contributed by atoms with Gasteiger partial charge in [0.05, 0.1) is 6.10 Å². The highest BCUT2D eigenvalue weighted by Crippen LogP contribution is 2.22. The van der Waals surface area contributed by atoms with Crippen molar-refractivity contribution in [2.75, 3.05) is 18.5 Å². The van der Waals surface area contributed by atoms with Crippen LogP contribution in [0.3, 0.4) is 0 Å². The topological polar surface area (TPSA) is 21.3 Å². The second kappa shape index (κ2) is 5.90. The maximum atomic E-state index is 5.88. The highest BCUT2D eigenvalue weighted by atomic mass is 16.5. The summed E-state index contributed by atoms with van der Waals surface area (Å²) < 4.78 is 5.88.